The van der Waals surface area contributed by atoms with E-state index < -0.39 is 0 Å². The molecule has 0 radical (unpaired) electrons. The molecule has 0 unspecified atom stereocenters. The number of rotatable bonds is 0. The minimum Gasteiger partial charge on any atom is -0.350 e. The molecule has 23 heavy (non-hydrogen) atoms. The number of para-hydroxylation sites is 1. The van der Waals surface area contributed by atoms with Crippen LogP contribution in [0.4, 0.5) is 0 Å². The van der Waals surface area contributed by atoms with Crippen molar-refractivity contribution in [1.29, 1.82) is 0 Å². The summed E-state index contributed by atoms with van der Waals surface area (Å²) in [7, 11) is 4.22. The fourth-order valence-electron chi connectivity index (χ4n) is 4.05. The number of aromatic nitrogens is 4. The highest BCUT2D eigenvalue weighted by molar-refractivity contribution is 6.02. The second kappa shape index (κ2) is 3.96. The van der Waals surface area contributed by atoms with Gasteiger partial charge in [-0.25, -0.2) is 4.98 Å². The van der Waals surface area contributed by atoms with Gasteiger partial charge in [-0.2, -0.15) is 0 Å². The monoisotopic (exact) mass is 302 g/mol. The molecule has 0 N–H and O–H groups in total. The van der Waals surface area contributed by atoms with Gasteiger partial charge in [0, 0.05) is 25.7 Å². The van der Waals surface area contributed by atoms with Gasteiger partial charge in [0.25, 0.3) is 0 Å². The molecule has 5 aromatic rings. The van der Waals surface area contributed by atoms with Crippen LogP contribution in [0.5, 0.6) is 0 Å². The molecule has 0 aliphatic heterocycles. The van der Waals surface area contributed by atoms with Crippen molar-refractivity contribution in [2.24, 2.45) is 14.1 Å². The van der Waals surface area contributed by atoms with E-state index in [0.29, 0.717) is 0 Å². The highest BCUT2D eigenvalue weighted by Crippen LogP contribution is 2.33. The Morgan fingerprint density at radius 3 is 2.61 bits per heavy atom. The van der Waals surface area contributed by atoms with E-state index in [0.717, 1.165) is 11.3 Å². The number of benzene rings is 2. The standard InChI is InChI=1S/C19H18N4/c1-11-6-5-7-14-16(11)20-19-22(4)18-12(2)17-13(8-9-21(17)3)10-15(18)23(14)19/h5-10H,1-4H3. The van der Waals surface area contributed by atoms with E-state index in [1.165, 1.54) is 38.6 Å². The first-order valence-corrected chi connectivity index (χ1v) is 7.88. The Hall–Kier alpha value is -2.75. The molecule has 0 saturated heterocycles. The predicted molar refractivity (Wildman–Crippen MR) is 95.1 cm³/mol. The van der Waals surface area contributed by atoms with E-state index >= 15 is 0 Å². The number of nitrogens with zero attached hydrogens (tertiary/aromatic N) is 4. The maximum absolute atomic E-state index is 4.91. The van der Waals surface area contributed by atoms with Gasteiger partial charge >= 0.3 is 0 Å². The number of hydrogen-bond donors (Lipinski definition) is 0. The van der Waals surface area contributed by atoms with E-state index in [4.69, 9.17) is 4.98 Å². The molecule has 2 aromatic carbocycles. The maximum Gasteiger partial charge on any atom is 0.215 e. The molecule has 5 rings (SSSR count). The third-order valence-corrected chi connectivity index (χ3v) is 5.09. The van der Waals surface area contributed by atoms with Gasteiger partial charge in [0.1, 0.15) is 0 Å². The Labute approximate surface area is 133 Å². The van der Waals surface area contributed by atoms with Gasteiger partial charge < -0.3 is 9.13 Å². The quantitative estimate of drug-likeness (QED) is 0.423. The van der Waals surface area contributed by atoms with Crippen molar-refractivity contribution in [3.05, 3.63) is 47.7 Å². The largest absolute Gasteiger partial charge is 0.350 e. The summed E-state index contributed by atoms with van der Waals surface area (Å²) in [6, 6.07) is 10.9. The van der Waals surface area contributed by atoms with E-state index in [-0.39, 0.29) is 0 Å². The molecule has 3 aromatic heterocycles. The summed E-state index contributed by atoms with van der Waals surface area (Å²) in [6.07, 6.45) is 2.13. The number of aryl methyl sites for hydroxylation is 4. The molecule has 0 fully saturated rings. The van der Waals surface area contributed by atoms with Gasteiger partial charge in [-0.1, -0.05) is 12.1 Å². The molecule has 0 aliphatic rings. The molecule has 0 spiro atoms. The van der Waals surface area contributed by atoms with Gasteiger partial charge in [0.05, 0.1) is 27.6 Å². The second-order valence-corrected chi connectivity index (χ2v) is 6.48. The average Bonchev–Trinajstić information content (AvgIpc) is 3.15. The second-order valence-electron chi connectivity index (χ2n) is 6.48. The van der Waals surface area contributed by atoms with E-state index in [2.05, 4.69) is 78.0 Å². The molecular weight excluding hydrogens is 284 g/mol. The topological polar surface area (TPSA) is 27.2 Å². The lowest BCUT2D eigenvalue weighted by Crippen LogP contribution is -1.94. The Kier molecular flexibility index (Phi) is 2.20. The Balaban J connectivity index is 2.13. The molecular formula is C19H18N4. The zero-order valence-corrected chi connectivity index (χ0v) is 13.8. The Morgan fingerprint density at radius 2 is 1.78 bits per heavy atom. The van der Waals surface area contributed by atoms with Crippen LogP contribution in [0.1, 0.15) is 11.1 Å². The average molecular weight is 302 g/mol. The number of imidazole rings is 2. The van der Waals surface area contributed by atoms with Crippen LogP contribution >= 0.6 is 0 Å². The predicted octanol–water partition coefficient (Wildman–Crippen LogP) is 4.09. The smallest absolute Gasteiger partial charge is 0.215 e. The molecule has 0 aliphatic carbocycles. The van der Waals surface area contributed by atoms with Gasteiger partial charge in [-0.15, -0.1) is 0 Å². The van der Waals surface area contributed by atoms with Crippen molar-refractivity contribution in [3.8, 4) is 0 Å². The van der Waals surface area contributed by atoms with Crippen molar-refractivity contribution < 1.29 is 0 Å². The summed E-state index contributed by atoms with van der Waals surface area (Å²) in [4.78, 5) is 4.91. The number of fused-ring (bicyclic) bond motifs is 6. The highest BCUT2D eigenvalue weighted by atomic mass is 15.2. The summed E-state index contributed by atoms with van der Waals surface area (Å²) in [5.74, 6) is 1.00. The van der Waals surface area contributed by atoms with E-state index in [9.17, 15) is 0 Å². The van der Waals surface area contributed by atoms with Crippen molar-refractivity contribution in [1.82, 2.24) is 18.5 Å². The summed E-state index contributed by atoms with van der Waals surface area (Å²) < 4.78 is 6.70. The molecule has 0 saturated carbocycles. The van der Waals surface area contributed by atoms with Crippen LogP contribution in [0.2, 0.25) is 0 Å². The van der Waals surface area contributed by atoms with Gasteiger partial charge in [-0.05, 0) is 43.2 Å². The molecule has 0 amide bonds. The lowest BCUT2D eigenvalue weighted by Gasteiger charge is -2.06. The molecule has 4 heteroatoms. The molecule has 114 valence electrons. The number of hydrogen-bond acceptors (Lipinski definition) is 1. The maximum atomic E-state index is 4.91. The lowest BCUT2D eigenvalue weighted by molar-refractivity contribution is 0.953. The lowest BCUT2D eigenvalue weighted by atomic mass is 10.1. The minimum atomic E-state index is 1.00. The van der Waals surface area contributed by atoms with Crippen LogP contribution < -0.4 is 0 Å². The first-order chi connectivity index (χ1) is 11.1. The first-order valence-electron chi connectivity index (χ1n) is 7.88. The Morgan fingerprint density at radius 1 is 0.957 bits per heavy atom. The first kappa shape index (κ1) is 12.8. The fourth-order valence-corrected chi connectivity index (χ4v) is 4.05. The van der Waals surface area contributed by atoms with Crippen molar-refractivity contribution in [3.63, 3.8) is 0 Å². The van der Waals surface area contributed by atoms with Crippen molar-refractivity contribution >= 4 is 38.7 Å². The van der Waals surface area contributed by atoms with Crippen LogP contribution in [0.15, 0.2) is 36.5 Å². The van der Waals surface area contributed by atoms with Crippen LogP contribution in [0.3, 0.4) is 0 Å². The van der Waals surface area contributed by atoms with Crippen molar-refractivity contribution in [2.75, 3.05) is 0 Å². The summed E-state index contributed by atoms with van der Waals surface area (Å²) >= 11 is 0. The summed E-state index contributed by atoms with van der Waals surface area (Å²) in [6.45, 7) is 4.33. The SMILES string of the molecule is Cc1cccc2c1nc1n(C)c3c(C)c4c(ccn4C)cc3n21. The minimum absolute atomic E-state index is 1.00. The molecule has 0 bridgehead atoms. The van der Waals surface area contributed by atoms with Crippen LogP contribution in [0.25, 0.3) is 38.7 Å². The van der Waals surface area contributed by atoms with Gasteiger partial charge in [0.15, 0.2) is 0 Å². The summed E-state index contributed by atoms with van der Waals surface area (Å²) in [5.41, 5.74) is 8.57. The summed E-state index contributed by atoms with van der Waals surface area (Å²) in [5, 5.41) is 1.28. The Bertz CT molecular complexity index is 1250. The zero-order valence-electron chi connectivity index (χ0n) is 13.8. The van der Waals surface area contributed by atoms with Crippen molar-refractivity contribution in [2.45, 2.75) is 13.8 Å². The zero-order chi connectivity index (χ0) is 15.9. The van der Waals surface area contributed by atoms with Gasteiger partial charge in [0.2, 0.25) is 5.78 Å². The third-order valence-electron chi connectivity index (χ3n) is 5.09. The van der Waals surface area contributed by atoms with Crippen LogP contribution in [0, 0.1) is 13.8 Å². The molecule has 0 atom stereocenters. The van der Waals surface area contributed by atoms with Crippen LogP contribution in [-0.4, -0.2) is 18.5 Å². The molecule has 4 nitrogen and oxygen atoms in total. The van der Waals surface area contributed by atoms with E-state index in [1.54, 1.807) is 0 Å². The fraction of sp³-hybridized carbons (Fsp3) is 0.211. The normalized spacial score (nSPS) is 12.3. The van der Waals surface area contributed by atoms with Gasteiger partial charge in [-0.3, -0.25) is 4.40 Å². The third kappa shape index (κ3) is 1.39. The molecule has 3 heterocycles. The highest BCUT2D eigenvalue weighted by Gasteiger charge is 2.18. The van der Waals surface area contributed by atoms with E-state index in [1.807, 2.05) is 0 Å². The van der Waals surface area contributed by atoms with Crippen LogP contribution in [-0.2, 0) is 14.1 Å².